The van der Waals surface area contributed by atoms with E-state index in [1.165, 1.54) is 0 Å². The van der Waals surface area contributed by atoms with Crippen molar-refractivity contribution in [3.63, 3.8) is 0 Å². The second kappa shape index (κ2) is 15.6. The summed E-state index contributed by atoms with van der Waals surface area (Å²) in [4.78, 5) is 0. The summed E-state index contributed by atoms with van der Waals surface area (Å²) in [5, 5.41) is 21.5. The van der Waals surface area contributed by atoms with Gasteiger partial charge in [-0.2, -0.15) is 0 Å². The average Bonchev–Trinajstić information content (AvgIpc) is 0.811. The van der Waals surface area contributed by atoms with Crippen molar-refractivity contribution >= 4 is 26.2 Å². The maximum absolute atomic E-state index is 7.17. The smallest absolute Gasteiger partial charge is 0 e. The molecular weight excluding hydrogens is 179 g/mol. The van der Waals surface area contributed by atoms with Gasteiger partial charge in [-0.3, -0.25) is 0 Å². The molecule has 0 aromatic heterocycles. The van der Waals surface area contributed by atoms with Gasteiger partial charge in [-0.05, 0) is 0 Å². The molecule has 0 aliphatic heterocycles. The molecule has 0 spiro atoms. The average molecular weight is 183 g/mol. The Morgan fingerprint density at radius 3 is 1.00 bits per heavy atom. The van der Waals surface area contributed by atoms with Crippen molar-refractivity contribution in [2.45, 2.75) is 0 Å². The summed E-state index contributed by atoms with van der Waals surface area (Å²) in [6.07, 6.45) is 0. The number of rotatable bonds is 0. The molecule has 1 radical (unpaired) electrons. The first-order valence-corrected chi connectivity index (χ1v) is 0.775. The minimum atomic E-state index is -2.17. The Hall–Kier alpha value is 1.56. The van der Waals surface area contributed by atoms with Crippen LogP contribution in [0.5, 0.6) is 0 Å². The van der Waals surface area contributed by atoms with Gasteiger partial charge in [-0.1, -0.05) is 0 Å². The topological polar surface area (TPSA) is 60.7 Å². The Balaban J connectivity index is -0.0000000150. The van der Waals surface area contributed by atoms with Crippen molar-refractivity contribution in [3.8, 4) is 0 Å². The van der Waals surface area contributed by atoms with E-state index in [2.05, 4.69) is 0 Å². The fraction of sp³-hybridized carbons (Fsp3) is 0. The maximum Gasteiger partial charge on any atom is 0 e. The van der Waals surface area contributed by atoms with E-state index in [0.29, 0.717) is 0 Å². The fourth-order valence-electron chi connectivity index (χ4n) is 0. The monoisotopic (exact) mass is 183 g/mol. The molecule has 43 valence electrons. The molecular formula is H4BLiMnNiO3. The van der Waals surface area contributed by atoms with Gasteiger partial charge >= 0.3 is 26.2 Å². The molecule has 3 nitrogen and oxygen atoms in total. The largest absolute Gasteiger partial charge is 0 e. The normalized spacial score (nSPS) is 3.86. The van der Waals surface area contributed by atoms with Crippen LogP contribution in [-0.2, 0) is 33.6 Å². The summed E-state index contributed by atoms with van der Waals surface area (Å²) in [6.45, 7) is 0. The first-order valence-electron chi connectivity index (χ1n) is 0.775. The van der Waals surface area contributed by atoms with Crippen LogP contribution in [0.4, 0.5) is 0 Å². The molecule has 0 atom stereocenters. The summed E-state index contributed by atoms with van der Waals surface area (Å²) < 4.78 is 0. The number of hydrogen-bond acceptors (Lipinski definition) is 3. The summed E-state index contributed by atoms with van der Waals surface area (Å²) in [7, 11) is -2.17. The molecule has 7 heavy (non-hydrogen) atoms. The molecule has 0 amide bonds. The third-order valence-electron chi connectivity index (χ3n) is 0. The Kier molecular flexibility index (Phi) is 52.6. The molecule has 0 heterocycles. The Morgan fingerprint density at radius 2 is 1.00 bits per heavy atom. The van der Waals surface area contributed by atoms with E-state index in [-0.39, 0.29) is 52.4 Å². The Labute approximate surface area is 74.6 Å². The van der Waals surface area contributed by atoms with E-state index >= 15 is 0 Å². The van der Waals surface area contributed by atoms with Crippen LogP contribution in [0, 0.1) is 0 Å². The zero-order valence-corrected chi connectivity index (χ0v) is 4.78. The molecule has 0 saturated carbocycles. The van der Waals surface area contributed by atoms with Crippen molar-refractivity contribution in [2.24, 2.45) is 0 Å². The zero-order valence-electron chi connectivity index (χ0n) is 2.61. The predicted octanol–water partition coefficient (Wildman–Crippen LogP) is -2.71. The Morgan fingerprint density at radius 1 is 1.00 bits per heavy atom. The molecule has 0 unspecified atom stereocenters. The summed E-state index contributed by atoms with van der Waals surface area (Å²) in [6, 6.07) is 0. The van der Waals surface area contributed by atoms with Crippen molar-refractivity contribution in [3.05, 3.63) is 0 Å². The van der Waals surface area contributed by atoms with Gasteiger partial charge in [0.05, 0.1) is 0 Å². The van der Waals surface area contributed by atoms with Gasteiger partial charge in [0, 0.05) is 33.6 Å². The standard InChI is InChI=1S/BH3O3.Li.Mn.Ni.H/c2-1(3)4;;;;/h2-4H;;;;. The summed E-state index contributed by atoms with van der Waals surface area (Å²) in [5.41, 5.74) is 0. The van der Waals surface area contributed by atoms with Crippen molar-refractivity contribution in [1.29, 1.82) is 0 Å². The van der Waals surface area contributed by atoms with Crippen LogP contribution in [0.25, 0.3) is 0 Å². The van der Waals surface area contributed by atoms with Crippen molar-refractivity contribution in [2.75, 3.05) is 0 Å². The second-order valence-corrected chi connectivity index (χ2v) is 0.346. The van der Waals surface area contributed by atoms with Gasteiger partial charge in [0.1, 0.15) is 0 Å². The summed E-state index contributed by atoms with van der Waals surface area (Å²) >= 11 is 0. The third kappa shape index (κ3) is 96.4. The second-order valence-electron chi connectivity index (χ2n) is 0.346. The summed E-state index contributed by atoms with van der Waals surface area (Å²) in [5.74, 6) is 0. The zero-order chi connectivity index (χ0) is 3.58. The van der Waals surface area contributed by atoms with Crippen LogP contribution < -0.4 is 0 Å². The van der Waals surface area contributed by atoms with Crippen LogP contribution in [0.15, 0.2) is 0 Å². The van der Waals surface area contributed by atoms with Crippen LogP contribution in [-0.4, -0.2) is 41.3 Å². The van der Waals surface area contributed by atoms with Crippen LogP contribution >= 0.6 is 0 Å². The number of hydrogen-bond donors (Lipinski definition) is 3. The first-order chi connectivity index (χ1) is 1.73. The fourth-order valence-corrected chi connectivity index (χ4v) is 0. The molecule has 3 N–H and O–H groups in total. The van der Waals surface area contributed by atoms with E-state index in [9.17, 15) is 0 Å². The molecule has 0 aliphatic rings. The third-order valence-corrected chi connectivity index (χ3v) is 0. The van der Waals surface area contributed by atoms with Crippen LogP contribution in [0.1, 0.15) is 0 Å². The van der Waals surface area contributed by atoms with Crippen molar-refractivity contribution < 1.29 is 48.6 Å². The maximum atomic E-state index is 7.17. The minimum absolute atomic E-state index is 0. The molecule has 0 saturated heterocycles. The van der Waals surface area contributed by atoms with Crippen LogP contribution in [0.3, 0.4) is 0 Å². The van der Waals surface area contributed by atoms with E-state index in [1.54, 1.807) is 0 Å². The van der Waals surface area contributed by atoms with Crippen molar-refractivity contribution in [1.82, 2.24) is 0 Å². The predicted molar refractivity (Wildman–Crippen MR) is 19.6 cm³/mol. The van der Waals surface area contributed by atoms with Gasteiger partial charge in [0.15, 0.2) is 0 Å². The quantitative estimate of drug-likeness (QED) is 0.358. The molecule has 0 bridgehead atoms. The molecule has 7 heteroatoms. The van der Waals surface area contributed by atoms with Gasteiger partial charge in [0.2, 0.25) is 0 Å². The van der Waals surface area contributed by atoms with E-state index in [1.807, 2.05) is 0 Å². The minimum Gasteiger partial charge on any atom is 0 e. The molecule has 0 rings (SSSR count). The van der Waals surface area contributed by atoms with Gasteiger partial charge in [-0.25, -0.2) is 0 Å². The van der Waals surface area contributed by atoms with Gasteiger partial charge < -0.3 is 15.1 Å². The van der Waals surface area contributed by atoms with E-state index < -0.39 is 7.32 Å². The SMILES string of the molecule is OB(O)O.[LiH].[Mn].[Ni]. The van der Waals surface area contributed by atoms with Gasteiger partial charge in [-0.15, -0.1) is 0 Å². The van der Waals surface area contributed by atoms with E-state index in [4.69, 9.17) is 15.1 Å². The Bertz CT molecular complexity index is 19.7. The van der Waals surface area contributed by atoms with E-state index in [0.717, 1.165) is 0 Å². The first kappa shape index (κ1) is 23.5. The molecule has 0 aromatic carbocycles. The molecule has 0 aliphatic carbocycles. The molecule has 0 aromatic rings. The molecule has 0 fully saturated rings. The van der Waals surface area contributed by atoms with Crippen LogP contribution in [0.2, 0.25) is 0 Å². The van der Waals surface area contributed by atoms with Gasteiger partial charge in [0.25, 0.3) is 0 Å².